The summed E-state index contributed by atoms with van der Waals surface area (Å²) >= 11 is 1.67. The highest BCUT2D eigenvalue weighted by Gasteiger charge is 2.18. The van der Waals surface area contributed by atoms with E-state index in [9.17, 15) is 0 Å². The van der Waals surface area contributed by atoms with E-state index in [1.54, 1.807) is 18.1 Å². The molecule has 0 radical (unpaired) electrons. The quantitative estimate of drug-likeness (QED) is 0.880. The van der Waals surface area contributed by atoms with Crippen LogP contribution in [0.1, 0.15) is 19.8 Å². The molecule has 0 spiro atoms. The number of rotatable bonds is 5. The third-order valence-electron chi connectivity index (χ3n) is 3.00. The molecule has 3 heterocycles. The minimum absolute atomic E-state index is 0.480. The summed E-state index contributed by atoms with van der Waals surface area (Å²) in [5.74, 6) is 1.04. The maximum Gasteiger partial charge on any atom is 0.257 e. The number of nitrogens with one attached hydrogen (secondary N) is 1. The average molecular weight is 307 g/mol. The lowest BCUT2D eigenvalue weighted by atomic mass is 10.2. The number of hydrogen-bond donors (Lipinski definition) is 1. The van der Waals surface area contributed by atoms with Crippen molar-refractivity contribution in [1.82, 2.24) is 29.7 Å². The fourth-order valence-corrected chi connectivity index (χ4v) is 2.99. The third-order valence-corrected chi connectivity index (χ3v) is 4.20. The molecule has 0 unspecified atom stereocenters. The second-order valence-electron chi connectivity index (χ2n) is 4.54. The highest BCUT2D eigenvalue weighted by atomic mass is 32.2. The van der Waals surface area contributed by atoms with Crippen molar-refractivity contribution < 1.29 is 4.74 Å². The first-order valence-corrected chi connectivity index (χ1v) is 7.82. The molecule has 0 aromatic carbocycles. The summed E-state index contributed by atoms with van der Waals surface area (Å²) in [5, 5.41) is 8.39. The second kappa shape index (κ2) is 6.81. The molecule has 1 saturated heterocycles. The van der Waals surface area contributed by atoms with E-state index in [-0.39, 0.29) is 0 Å². The Hall–Kier alpha value is -1.74. The van der Waals surface area contributed by atoms with Gasteiger partial charge in [-0.15, -0.1) is 0 Å². The van der Waals surface area contributed by atoms with Gasteiger partial charge in [-0.1, -0.05) is 11.8 Å². The Kier molecular flexibility index (Phi) is 4.61. The molecule has 9 heteroatoms. The molecule has 1 aliphatic heterocycles. The molecule has 0 aliphatic carbocycles. The maximum atomic E-state index is 5.38. The van der Waals surface area contributed by atoms with Crippen molar-refractivity contribution in [3.63, 3.8) is 0 Å². The number of thioether (sulfide) groups is 1. The van der Waals surface area contributed by atoms with Gasteiger partial charge in [0.05, 0.1) is 0 Å². The van der Waals surface area contributed by atoms with Gasteiger partial charge in [0.15, 0.2) is 5.16 Å². The highest BCUT2D eigenvalue weighted by molar-refractivity contribution is 7.99. The Labute approximate surface area is 126 Å². The molecule has 0 saturated carbocycles. The minimum atomic E-state index is 0.480. The third kappa shape index (κ3) is 3.67. The van der Waals surface area contributed by atoms with Crippen LogP contribution in [-0.2, 0) is 4.74 Å². The van der Waals surface area contributed by atoms with Crippen LogP contribution in [0.4, 0.5) is 5.95 Å². The van der Waals surface area contributed by atoms with E-state index in [1.165, 1.54) is 11.0 Å². The van der Waals surface area contributed by atoms with Crippen LogP contribution >= 0.6 is 11.8 Å². The van der Waals surface area contributed by atoms with Gasteiger partial charge < -0.3 is 10.1 Å². The molecular weight excluding hydrogens is 290 g/mol. The van der Waals surface area contributed by atoms with Gasteiger partial charge in [-0.05, 0) is 19.8 Å². The first-order valence-electron chi connectivity index (χ1n) is 6.94. The fraction of sp³-hybridized carbons (Fsp3) is 0.583. The number of nitrogens with zero attached hydrogens (tertiary/aromatic N) is 6. The Morgan fingerprint density at radius 1 is 1.33 bits per heavy atom. The molecule has 21 heavy (non-hydrogen) atoms. The van der Waals surface area contributed by atoms with Gasteiger partial charge in [0.1, 0.15) is 12.7 Å². The Morgan fingerprint density at radius 2 is 2.19 bits per heavy atom. The number of ether oxygens (including phenoxy) is 1. The number of aromatic nitrogens is 6. The lowest BCUT2D eigenvalue weighted by molar-refractivity contribution is 0.1000. The molecule has 1 aliphatic rings. The number of anilines is 1. The van der Waals surface area contributed by atoms with Crippen molar-refractivity contribution in [2.24, 2.45) is 0 Å². The van der Waals surface area contributed by atoms with Crippen molar-refractivity contribution in [2.75, 3.05) is 25.1 Å². The molecule has 2 aromatic heterocycles. The molecular formula is C12H17N7OS. The van der Waals surface area contributed by atoms with Gasteiger partial charge in [-0.25, -0.2) is 4.98 Å². The van der Waals surface area contributed by atoms with Gasteiger partial charge in [0, 0.05) is 25.0 Å². The van der Waals surface area contributed by atoms with E-state index in [1.807, 2.05) is 6.92 Å². The van der Waals surface area contributed by atoms with Crippen molar-refractivity contribution in [3.05, 3.63) is 12.7 Å². The van der Waals surface area contributed by atoms with E-state index < -0.39 is 0 Å². The topological polar surface area (TPSA) is 90.6 Å². The zero-order valence-electron chi connectivity index (χ0n) is 11.8. The van der Waals surface area contributed by atoms with Crippen molar-refractivity contribution in [1.29, 1.82) is 0 Å². The molecule has 112 valence electrons. The lowest BCUT2D eigenvalue weighted by Crippen LogP contribution is -2.18. The van der Waals surface area contributed by atoms with Crippen LogP contribution in [0.2, 0.25) is 0 Å². The van der Waals surface area contributed by atoms with Crippen molar-refractivity contribution in [2.45, 2.75) is 30.2 Å². The normalized spacial score (nSPS) is 16.0. The van der Waals surface area contributed by atoms with E-state index in [2.05, 4.69) is 30.4 Å². The van der Waals surface area contributed by atoms with E-state index in [0.29, 0.717) is 22.3 Å². The average Bonchev–Trinajstić information content (AvgIpc) is 3.03. The van der Waals surface area contributed by atoms with Gasteiger partial charge in [-0.3, -0.25) is 0 Å². The smallest absolute Gasteiger partial charge is 0.257 e. The van der Waals surface area contributed by atoms with Gasteiger partial charge in [0.2, 0.25) is 5.95 Å². The molecule has 2 aromatic rings. The summed E-state index contributed by atoms with van der Waals surface area (Å²) < 4.78 is 6.92. The highest BCUT2D eigenvalue weighted by Crippen LogP contribution is 2.27. The predicted octanol–water partition coefficient (Wildman–Crippen LogP) is 1.16. The van der Waals surface area contributed by atoms with E-state index in [0.717, 1.165) is 32.6 Å². The molecule has 1 fully saturated rings. The van der Waals surface area contributed by atoms with Crippen LogP contribution in [0.25, 0.3) is 5.95 Å². The largest absolute Gasteiger partial charge is 0.381 e. The molecule has 0 atom stereocenters. The summed E-state index contributed by atoms with van der Waals surface area (Å²) in [6.07, 6.45) is 5.08. The maximum absolute atomic E-state index is 5.38. The van der Waals surface area contributed by atoms with Crippen LogP contribution < -0.4 is 5.32 Å². The zero-order chi connectivity index (χ0) is 14.5. The molecule has 3 rings (SSSR count). The van der Waals surface area contributed by atoms with Gasteiger partial charge >= 0.3 is 0 Å². The van der Waals surface area contributed by atoms with Crippen LogP contribution in [-0.4, -0.2) is 54.7 Å². The SMILES string of the molecule is CCNc1nc(SC2CCOCC2)nc(-n2cncn2)n1. The van der Waals surface area contributed by atoms with E-state index in [4.69, 9.17) is 4.74 Å². The van der Waals surface area contributed by atoms with Crippen LogP contribution in [0.15, 0.2) is 17.8 Å². The first kappa shape index (κ1) is 14.2. The molecule has 0 bridgehead atoms. The monoisotopic (exact) mass is 307 g/mol. The fourth-order valence-electron chi connectivity index (χ4n) is 1.99. The zero-order valence-corrected chi connectivity index (χ0v) is 12.6. The molecule has 0 amide bonds. The predicted molar refractivity (Wildman–Crippen MR) is 78.6 cm³/mol. The standard InChI is InChI=1S/C12H17N7OS/c1-2-14-10-16-11(19-8-13-7-15-19)18-12(17-10)21-9-3-5-20-6-4-9/h7-9H,2-6H2,1H3,(H,14,16,17,18). The summed E-state index contributed by atoms with van der Waals surface area (Å²) in [6, 6.07) is 0. The van der Waals surface area contributed by atoms with Crippen LogP contribution in [0, 0.1) is 0 Å². The van der Waals surface area contributed by atoms with Crippen molar-refractivity contribution >= 4 is 17.7 Å². The van der Waals surface area contributed by atoms with Gasteiger partial charge in [0.25, 0.3) is 5.95 Å². The Balaban J connectivity index is 1.84. The molecule has 1 N–H and O–H groups in total. The summed E-state index contributed by atoms with van der Waals surface area (Å²) in [7, 11) is 0. The first-order chi connectivity index (χ1) is 10.3. The van der Waals surface area contributed by atoms with Crippen LogP contribution in [0.5, 0.6) is 0 Å². The summed E-state index contributed by atoms with van der Waals surface area (Å²) in [4.78, 5) is 17.2. The molecule has 8 nitrogen and oxygen atoms in total. The Morgan fingerprint density at radius 3 is 2.90 bits per heavy atom. The van der Waals surface area contributed by atoms with Crippen molar-refractivity contribution in [3.8, 4) is 5.95 Å². The minimum Gasteiger partial charge on any atom is -0.381 e. The lowest BCUT2D eigenvalue weighted by Gasteiger charge is -2.20. The number of hydrogen-bond acceptors (Lipinski definition) is 8. The van der Waals surface area contributed by atoms with E-state index >= 15 is 0 Å². The second-order valence-corrected chi connectivity index (χ2v) is 5.81. The van der Waals surface area contributed by atoms with Gasteiger partial charge in [-0.2, -0.15) is 24.7 Å². The summed E-state index contributed by atoms with van der Waals surface area (Å²) in [5.41, 5.74) is 0. The van der Waals surface area contributed by atoms with Crippen LogP contribution in [0.3, 0.4) is 0 Å². The summed E-state index contributed by atoms with van der Waals surface area (Å²) in [6.45, 7) is 4.36. The Bertz CT molecular complexity index is 571.